The fourth-order valence-electron chi connectivity index (χ4n) is 4.56. The summed E-state index contributed by atoms with van der Waals surface area (Å²) in [5, 5.41) is 19.1. The Hall–Kier alpha value is -3.35. The molecule has 0 radical (unpaired) electrons. The van der Waals surface area contributed by atoms with Crippen molar-refractivity contribution in [1.82, 2.24) is 0 Å². The molecule has 33 heavy (non-hydrogen) atoms. The van der Waals surface area contributed by atoms with E-state index < -0.39 is 11.0 Å². The molecule has 2 unspecified atom stereocenters. The molecule has 5 rings (SSSR count). The van der Waals surface area contributed by atoms with Crippen LogP contribution in [0, 0.1) is 10.1 Å². The number of benzene rings is 3. The van der Waals surface area contributed by atoms with Gasteiger partial charge in [0, 0.05) is 28.8 Å². The maximum Gasteiger partial charge on any atom is 0.288 e. The molecule has 166 valence electrons. The van der Waals surface area contributed by atoms with E-state index in [2.05, 4.69) is 10.6 Å². The number of halogens is 2. The molecule has 2 aliphatic rings. The number of hydrogen-bond acceptors (Lipinski definition) is 5. The van der Waals surface area contributed by atoms with E-state index in [1.54, 1.807) is 6.07 Å². The molecule has 0 bridgehead atoms. The van der Waals surface area contributed by atoms with Crippen LogP contribution in [0.25, 0.3) is 0 Å². The van der Waals surface area contributed by atoms with Gasteiger partial charge in [-0.05, 0) is 53.8 Å². The molecule has 0 saturated heterocycles. The maximum absolute atomic E-state index is 13.5. The van der Waals surface area contributed by atoms with Crippen LogP contribution in [-0.2, 0) is 4.79 Å². The van der Waals surface area contributed by atoms with Gasteiger partial charge >= 0.3 is 0 Å². The fourth-order valence-corrected chi connectivity index (χ4v) is 4.87. The van der Waals surface area contributed by atoms with Crippen LogP contribution >= 0.6 is 23.2 Å². The van der Waals surface area contributed by atoms with E-state index >= 15 is 0 Å². The molecule has 2 atom stereocenters. The zero-order chi connectivity index (χ0) is 23.1. The minimum absolute atomic E-state index is 0.00600. The Morgan fingerprint density at radius 1 is 0.909 bits per heavy atom. The predicted octanol–water partition coefficient (Wildman–Crippen LogP) is 6.88. The molecule has 2 N–H and O–H groups in total. The molecule has 3 aromatic rings. The van der Waals surface area contributed by atoms with Crippen LogP contribution in [0.15, 0.2) is 78.0 Å². The van der Waals surface area contributed by atoms with Crippen molar-refractivity contribution in [3.63, 3.8) is 0 Å². The topological polar surface area (TPSA) is 84.3 Å². The molecule has 0 fully saturated rings. The van der Waals surface area contributed by atoms with E-state index in [4.69, 9.17) is 23.2 Å². The quantitative estimate of drug-likeness (QED) is 0.315. The average Bonchev–Trinajstić information content (AvgIpc) is 2.96. The van der Waals surface area contributed by atoms with Gasteiger partial charge in [-0.1, -0.05) is 53.5 Å². The number of ketones is 1. The van der Waals surface area contributed by atoms with Crippen LogP contribution in [0.4, 0.5) is 17.1 Å². The molecule has 1 aliphatic carbocycles. The third-order valence-corrected chi connectivity index (χ3v) is 6.72. The van der Waals surface area contributed by atoms with E-state index in [1.807, 2.05) is 48.5 Å². The molecule has 0 saturated carbocycles. The van der Waals surface area contributed by atoms with Gasteiger partial charge in [-0.2, -0.15) is 0 Å². The Bertz CT molecular complexity index is 1300. The number of hydrogen-bond donors (Lipinski definition) is 2. The first-order valence-corrected chi connectivity index (χ1v) is 11.2. The highest BCUT2D eigenvalue weighted by Gasteiger charge is 2.36. The van der Waals surface area contributed by atoms with Crippen molar-refractivity contribution in [2.75, 3.05) is 10.6 Å². The standard InChI is InChI=1S/C25H19Cl2N3O3/c26-17-8-5-14(6-9-17)16-11-21-24(23(31)13-16)25(29-20-4-2-1-3-19(20)28-21)15-7-10-18(27)22(12-15)30(32)33/h1-10,12,16,25,28-29H,11,13H2. The third kappa shape index (κ3) is 4.08. The van der Waals surface area contributed by atoms with Crippen LogP contribution in [0.5, 0.6) is 0 Å². The zero-order valence-corrected chi connectivity index (χ0v) is 18.9. The van der Waals surface area contributed by atoms with Crippen molar-refractivity contribution in [1.29, 1.82) is 0 Å². The number of nitro benzene ring substituents is 1. The highest BCUT2D eigenvalue weighted by atomic mass is 35.5. The molecular formula is C25H19Cl2N3O3. The summed E-state index contributed by atoms with van der Waals surface area (Å²) >= 11 is 12.1. The van der Waals surface area contributed by atoms with Gasteiger partial charge < -0.3 is 10.6 Å². The second-order valence-electron chi connectivity index (χ2n) is 8.19. The smallest absolute Gasteiger partial charge is 0.288 e. The number of para-hydroxylation sites is 2. The SMILES string of the molecule is O=C1CC(c2ccc(Cl)cc2)CC2=C1C(c1ccc(Cl)c([N+](=O)[O-])c1)Nc1ccccc1N2. The number of allylic oxidation sites excluding steroid dienone is 1. The number of carbonyl (C=O) groups excluding carboxylic acids is 1. The van der Waals surface area contributed by atoms with Crippen molar-refractivity contribution in [3.8, 4) is 0 Å². The molecule has 1 aliphatic heterocycles. The summed E-state index contributed by atoms with van der Waals surface area (Å²) in [6, 6.07) is 19.4. The Morgan fingerprint density at radius 2 is 1.61 bits per heavy atom. The van der Waals surface area contributed by atoms with E-state index in [0.717, 1.165) is 22.6 Å². The molecule has 1 heterocycles. The summed E-state index contributed by atoms with van der Waals surface area (Å²) in [6.45, 7) is 0. The number of rotatable bonds is 3. The monoisotopic (exact) mass is 479 g/mol. The van der Waals surface area contributed by atoms with Crippen molar-refractivity contribution < 1.29 is 9.72 Å². The van der Waals surface area contributed by atoms with Gasteiger partial charge in [0.25, 0.3) is 5.69 Å². The lowest BCUT2D eigenvalue weighted by Gasteiger charge is -2.30. The molecule has 3 aromatic carbocycles. The van der Waals surface area contributed by atoms with Gasteiger partial charge in [-0.25, -0.2) is 0 Å². The largest absolute Gasteiger partial charge is 0.372 e. The average molecular weight is 480 g/mol. The summed E-state index contributed by atoms with van der Waals surface area (Å²) in [7, 11) is 0. The maximum atomic E-state index is 13.5. The van der Waals surface area contributed by atoms with E-state index in [9.17, 15) is 14.9 Å². The first kappa shape index (κ1) is 21.5. The summed E-state index contributed by atoms with van der Waals surface area (Å²) < 4.78 is 0. The van der Waals surface area contributed by atoms with E-state index in [-0.39, 0.29) is 22.4 Å². The molecule has 0 aromatic heterocycles. The van der Waals surface area contributed by atoms with Gasteiger partial charge in [0.2, 0.25) is 0 Å². The highest BCUT2D eigenvalue weighted by Crippen LogP contribution is 2.45. The Kier molecular flexibility index (Phi) is 5.56. The summed E-state index contributed by atoms with van der Waals surface area (Å²) in [5.41, 5.74) is 4.52. The van der Waals surface area contributed by atoms with Crippen molar-refractivity contribution >= 4 is 46.0 Å². The second-order valence-corrected chi connectivity index (χ2v) is 9.03. The normalized spacial score (nSPS) is 19.6. The Morgan fingerprint density at radius 3 is 2.33 bits per heavy atom. The van der Waals surface area contributed by atoms with Crippen molar-refractivity contribution in [2.45, 2.75) is 24.8 Å². The minimum atomic E-state index is -0.550. The number of fused-ring (bicyclic) bond motifs is 1. The molecule has 8 heteroatoms. The first-order chi connectivity index (χ1) is 15.9. The number of nitrogens with one attached hydrogen (secondary N) is 2. The third-order valence-electron chi connectivity index (χ3n) is 6.15. The van der Waals surface area contributed by atoms with Crippen LogP contribution in [0.1, 0.15) is 35.9 Å². The minimum Gasteiger partial charge on any atom is -0.372 e. The molecule has 0 spiro atoms. The van der Waals surface area contributed by atoms with Crippen molar-refractivity contribution in [2.24, 2.45) is 0 Å². The fraction of sp³-hybridized carbons (Fsp3) is 0.160. The molecule has 0 amide bonds. The van der Waals surface area contributed by atoms with Crippen LogP contribution < -0.4 is 10.6 Å². The van der Waals surface area contributed by atoms with Crippen molar-refractivity contribution in [3.05, 3.63) is 109 Å². The number of Topliss-reactive ketones (excluding diaryl/α,β-unsaturated/α-hetero) is 1. The number of carbonyl (C=O) groups is 1. The Labute approximate surface area is 200 Å². The lowest BCUT2D eigenvalue weighted by atomic mass is 9.78. The lowest BCUT2D eigenvalue weighted by Crippen LogP contribution is -2.26. The summed E-state index contributed by atoms with van der Waals surface area (Å²) in [4.78, 5) is 24.5. The summed E-state index contributed by atoms with van der Waals surface area (Å²) in [6.07, 6.45) is 0.970. The van der Waals surface area contributed by atoms with Crippen LogP contribution in [0.3, 0.4) is 0 Å². The second kappa shape index (κ2) is 8.54. The number of nitrogens with zero attached hydrogens (tertiary/aromatic N) is 1. The predicted molar refractivity (Wildman–Crippen MR) is 130 cm³/mol. The molecular weight excluding hydrogens is 461 g/mol. The molecule has 6 nitrogen and oxygen atoms in total. The van der Waals surface area contributed by atoms with Gasteiger partial charge in [0.15, 0.2) is 5.78 Å². The lowest BCUT2D eigenvalue weighted by molar-refractivity contribution is -0.384. The zero-order valence-electron chi connectivity index (χ0n) is 17.3. The summed E-state index contributed by atoms with van der Waals surface area (Å²) in [5.74, 6) is -0.00177. The van der Waals surface area contributed by atoms with E-state index in [0.29, 0.717) is 29.0 Å². The van der Waals surface area contributed by atoms with Crippen LogP contribution in [0.2, 0.25) is 10.0 Å². The van der Waals surface area contributed by atoms with E-state index in [1.165, 1.54) is 12.1 Å². The number of anilines is 2. The van der Waals surface area contributed by atoms with Gasteiger partial charge in [-0.3, -0.25) is 14.9 Å². The number of nitro groups is 1. The first-order valence-electron chi connectivity index (χ1n) is 10.5. The Balaban J connectivity index is 1.62. The van der Waals surface area contributed by atoms with Gasteiger partial charge in [0.05, 0.1) is 22.3 Å². The van der Waals surface area contributed by atoms with Gasteiger partial charge in [-0.15, -0.1) is 0 Å². The highest BCUT2D eigenvalue weighted by molar-refractivity contribution is 6.32. The van der Waals surface area contributed by atoms with Gasteiger partial charge in [0.1, 0.15) is 5.02 Å². The van der Waals surface area contributed by atoms with Crippen LogP contribution in [-0.4, -0.2) is 10.7 Å².